The van der Waals surface area contributed by atoms with Crippen LogP contribution in [0.5, 0.6) is 0 Å². The Kier molecular flexibility index (Phi) is 68.4. The van der Waals surface area contributed by atoms with Gasteiger partial charge in [0.05, 0.1) is 0 Å². The van der Waals surface area contributed by atoms with Crippen LogP contribution in [0.15, 0.2) is 0 Å². The highest BCUT2D eigenvalue weighted by Crippen LogP contribution is 1.93. The number of hydrogen-bond acceptors (Lipinski definition) is 3. The van der Waals surface area contributed by atoms with Crippen molar-refractivity contribution in [2.75, 3.05) is 0 Å². The first-order valence-corrected chi connectivity index (χ1v) is 2.74. The van der Waals surface area contributed by atoms with Gasteiger partial charge in [-0.3, -0.25) is 9.59 Å². The maximum atomic E-state index is 9.99. The van der Waals surface area contributed by atoms with Gasteiger partial charge in [-0.1, -0.05) is 0 Å². The first-order chi connectivity index (χ1) is 4.54. The maximum Gasteiger partial charge on any atom is 0.320 e. The summed E-state index contributed by atoms with van der Waals surface area (Å²) in [5, 5.41) is 16.3. The summed E-state index contributed by atoms with van der Waals surface area (Å²) in [5.74, 6) is -2.20. The standard InChI is InChI=1S/C5H9NO4.6H2O/c6-3(5(9)10)1-2-4(7)8;;;;;;/h3H,1-2,6H2,(H,7,8)(H,9,10);6*1H2/t3-;;;;;;/m1....../s1. The van der Waals surface area contributed by atoms with Gasteiger partial charge in [0.25, 0.3) is 0 Å². The molecule has 0 saturated heterocycles. The van der Waals surface area contributed by atoms with Gasteiger partial charge in [-0.05, 0) is 6.42 Å². The molecule has 0 aliphatic rings. The van der Waals surface area contributed by atoms with E-state index in [0.717, 1.165) is 0 Å². The summed E-state index contributed by atoms with van der Waals surface area (Å²) in [6, 6.07) is -1.06. The molecule has 0 aromatic rings. The van der Waals surface area contributed by atoms with E-state index in [2.05, 4.69) is 0 Å². The topological polar surface area (TPSA) is 290 Å². The smallest absolute Gasteiger partial charge is 0.320 e. The van der Waals surface area contributed by atoms with E-state index >= 15 is 0 Å². The molecule has 0 fully saturated rings. The second kappa shape index (κ2) is 23.5. The van der Waals surface area contributed by atoms with Gasteiger partial charge in [0.1, 0.15) is 6.04 Å². The van der Waals surface area contributed by atoms with E-state index in [1.54, 1.807) is 0 Å². The van der Waals surface area contributed by atoms with Crippen LogP contribution in [0.3, 0.4) is 0 Å². The molecule has 16 heavy (non-hydrogen) atoms. The molecule has 11 heteroatoms. The van der Waals surface area contributed by atoms with Gasteiger partial charge >= 0.3 is 11.9 Å². The molecular formula is C5H21NO10. The van der Waals surface area contributed by atoms with Crippen molar-refractivity contribution in [2.45, 2.75) is 18.9 Å². The number of aliphatic carboxylic acids is 2. The van der Waals surface area contributed by atoms with E-state index in [4.69, 9.17) is 15.9 Å². The molecule has 0 aromatic carbocycles. The molecule has 0 rings (SSSR count). The van der Waals surface area contributed by atoms with Crippen LogP contribution in [-0.2, 0) is 9.59 Å². The van der Waals surface area contributed by atoms with Crippen molar-refractivity contribution < 1.29 is 52.7 Å². The summed E-state index contributed by atoms with van der Waals surface area (Å²) in [6.45, 7) is 0. The van der Waals surface area contributed by atoms with Crippen molar-refractivity contribution in [1.82, 2.24) is 0 Å². The highest BCUT2D eigenvalue weighted by atomic mass is 16.4. The summed E-state index contributed by atoms with van der Waals surface area (Å²) >= 11 is 0. The third-order valence-corrected chi connectivity index (χ3v) is 0.986. The average molecular weight is 255 g/mol. The monoisotopic (exact) mass is 255 g/mol. The normalized spacial score (nSPS) is 7.81. The molecule has 0 bridgehead atoms. The predicted molar refractivity (Wildman–Crippen MR) is 54.2 cm³/mol. The lowest BCUT2D eigenvalue weighted by molar-refractivity contribution is -0.139. The highest BCUT2D eigenvalue weighted by Gasteiger charge is 2.12. The van der Waals surface area contributed by atoms with Crippen molar-refractivity contribution in [3.63, 3.8) is 0 Å². The Morgan fingerprint density at radius 2 is 1.25 bits per heavy atom. The minimum Gasteiger partial charge on any atom is -0.481 e. The Bertz CT molecular complexity index is 150. The summed E-state index contributed by atoms with van der Waals surface area (Å²) in [7, 11) is 0. The molecule has 0 spiro atoms. The van der Waals surface area contributed by atoms with Crippen molar-refractivity contribution in [2.24, 2.45) is 5.73 Å². The molecule has 0 aliphatic heterocycles. The summed E-state index contributed by atoms with van der Waals surface area (Å²) in [5.41, 5.74) is 5.00. The van der Waals surface area contributed by atoms with Gasteiger partial charge < -0.3 is 48.8 Å². The Labute approximate surface area is 90.3 Å². The Morgan fingerprint density at radius 3 is 1.44 bits per heavy atom. The minimum absolute atomic E-state index is 0. The lowest BCUT2D eigenvalue weighted by Gasteiger charge is -2.01. The highest BCUT2D eigenvalue weighted by molar-refractivity contribution is 5.74. The fourth-order valence-electron chi connectivity index (χ4n) is 0.402. The van der Waals surface area contributed by atoms with Gasteiger partial charge in [-0.15, -0.1) is 0 Å². The molecule has 16 N–H and O–H groups in total. The Hall–Kier alpha value is -1.34. The van der Waals surface area contributed by atoms with E-state index in [-0.39, 0.29) is 45.7 Å². The lowest BCUT2D eigenvalue weighted by Crippen LogP contribution is -2.30. The van der Waals surface area contributed by atoms with Gasteiger partial charge in [-0.25, -0.2) is 0 Å². The van der Waals surface area contributed by atoms with Crippen LogP contribution in [0.4, 0.5) is 0 Å². The number of carboxylic acid groups (broad SMARTS) is 2. The maximum absolute atomic E-state index is 9.99. The number of rotatable bonds is 4. The second-order valence-corrected chi connectivity index (χ2v) is 1.88. The van der Waals surface area contributed by atoms with Gasteiger partial charge in [-0.2, -0.15) is 0 Å². The minimum atomic E-state index is -1.17. The van der Waals surface area contributed by atoms with Crippen LogP contribution in [0.2, 0.25) is 0 Å². The van der Waals surface area contributed by atoms with E-state index in [1.165, 1.54) is 0 Å². The van der Waals surface area contributed by atoms with Crippen molar-refractivity contribution in [3.05, 3.63) is 0 Å². The van der Waals surface area contributed by atoms with Crippen LogP contribution < -0.4 is 5.73 Å². The van der Waals surface area contributed by atoms with E-state index in [9.17, 15) is 9.59 Å². The molecule has 0 aromatic heterocycles. The zero-order chi connectivity index (χ0) is 8.15. The summed E-state index contributed by atoms with van der Waals surface area (Å²) < 4.78 is 0. The van der Waals surface area contributed by atoms with Crippen LogP contribution in [-0.4, -0.2) is 61.1 Å². The second-order valence-electron chi connectivity index (χ2n) is 1.88. The third-order valence-electron chi connectivity index (χ3n) is 0.986. The molecular weight excluding hydrogens is 234 g/mol. The van der Waals surface area contributed by atoms with Gasteiger partial charge in [0, 0.05) is 6.42 Å². The van der Waals surface area contributed by atoms with Crippen molar-refractivity contribution >= 4 is 11.9 Å². The van der Waals surface area contributed by atoms with Gasteiger partial charge in [0.2, 0.25) is 0 Å². The molecule has 0 aliphatic carbocycles. The van der Waals surface area contributed by atoms with E-state index < -0.39 is 18.0 Å². The molecule has 0 amide bonds. The number of carboxylic acids is 2. The largest absolute Gasteiger partial charge is 0.481 e. The van der Waals surface area contributed by atoms with Crippen LogP contribution in [0, 0.1) is 0 Å². The molecule has 0 saturated carbocycles. The zero-order valence-electron chi connectivity index (χ0n) is 8.28. The zero-order valence-corrected chi connectivity index (χ0v) is 8.28. The Balaban J connectivity index is -0.0000000270. The molecule has 0 radical (unpaired) electrons. The molecule has 106 valence electrons. The van der Waals surface area contributed by atoms with Crippen LogP contribution >= 0.6 is 0 Å². The molecule has 0 heterocycles. The fourth-order valence-corrected chi connectivity index (χ4v) is 0.402. The SMILES string of the molecule is N[C@H](CCC(=O)O)C(=O)O.O.O.O.O.O.O. The first-order valence-electron chi connectivity index (χ1n) is 2.74. The fraction of sp³-hybridized carbons (Fsp3) is 0.600. The van der Waals surface area contributed by atoms with Gasteiger partial charge in [0.15, 0.2) is 0 Å². The number of carbonyl (C=O) groups is 2. The number of nitrogens with two attached hydrogens (primary N) is 1. The lowest BCUT2D eigenvalue weighted by atomic mass is 10.2. The summed E-state index contributed by atoms with van der Waals surface area (Å²) in [6.07, 6.45) is -0.224. The van der Waals surface area contributed by atoms with Crippen molar-refractivity contribution in [1.29, 1.82) is 0 Å². The van der Waals surface area contributed by atoms with Crippen molar-refractivity contribution in [3.8, 4) is 0 Å². The summed E-state index contributed by atoms with van der Waals surface area (Å²) in [4.78, 5) is 19.9. The Morgan fingerprint density at radius 1 is 0.938 bits per heavy atom. The molecule has 1 atom stereocenters. The number of hydrogen-bond donors (Lipinski definition) is 3. The average Bonchev–Trinajstić information content (AvgIpc) is 1.82. The molecule has 11 nitrogen and oxygen atoms in total. The van der Waals surface area contributed by atoms with E-state index in [0.29, 0.717) is 0 Å². The quantitative estimate of drug-likeness (QED) is 0.440. The first kappa shape index (κ1) is 46.6. The third kappa shape index (κ3) is 29.3. The van der Waals surface area contributed by atoms with Crippen LogP contribution in [0.1, 0.15) is 12.8 Å². The van der Waals surface area contributed by atoms with E-state index in [1.807, 2.05) is 0 Å². The van der Waals surface area contributed by atoms with Crippen LogP contribution in [0.25, 0.3) is 0 Å². The predicted octanol–water partition coefficient (Wildman–Crippen LogP) is -5.69. The molecule has 0 unspecified atom stereocenters.